The molecule has 0 saturated heterocycles. The summed E-state index contributed by atoms with van der Waals surface area (Å²) >= 11 is 1.53. The molecule has 4 heteroatoms. The van der Waals surface area contributed by atoms with Crippen molar-refractivity contribution in [1.82, 2.24) is 4.57 Å². The van der Waals surface area contributed by atoms with Crippen molar-refractivity contribution in [2.24, 2.45) is 0 Å². The summed E-state index contributed by atoms with van der Waals surface area (Å²) in [6, 6.07) is 5.52. The standard InChI is InChI=1S/C11H11NO2S/c1-2-8-7-9(11(13)14)10(15-8)12-5-3-4-6-12/h3-7H,2H2,1H3,(H,13,14). The second-order valence-corrected chi connectivity index (χ2v) is 4.30. The van der Waals surface area contributed by atoms with Crippen LogP contribution in [0.25, 0.3) is 5.00 Å². The van der Waals surface area contributed by atoms with Gasteiger partial charge in [0.05, 0.1) is 5.56 Å². The molecular formula is C11H11NO2S. The van der Waals surface area contributed by atoms with E-state index in [0.717, 1.165) is 16.3 Å². The Bertz CT molecular complexity index is 471. The molecule has 0 saturated carbocycles. The topological polar surface area (TPSA) is 42.2 Å². The fourth-order valence-electron chi connectivity index (χ4n) is 1.42. The zero-order chi connectivity index (χ0) is 10.8. The average molecular weight is 221 g/mol. The Morgan fingerprint density at radius 3 is 2.67 bits per heavy atom. The molecule has 78 valence electrons. The molecule has 0 aliphatic rings. The summed E-state index contributed by atoms with van der Waals surface area (Å²) in [5.74, 6) is -0.866. The number of carboxylic acid groups (broad SMARTS) is 1. The van der Waals surface area contributed by atoms with E-state index in [2.05, 4.69) is 0 Å². The van der Waals surface area contributed by atoms with Gasteiger partial charge in [-0.1, -0.05) is 6.92 Å². The lowest BCUT2D eigenvalue weighted by molar-refractivity contribution is 0.0697. The lowest BCUT2D eigenvalue weighted by Gasteiger charge is -1.99. The maximum atomic E-state index is 11.0. The number of thiophene rings is 1. The highest BCUT2D eigenvalue weighted by Gasteiger charge is 2.15. The quantitative estimate of drug-likeness (QED) is 0.866. The van der Waals surface area contributed by atoms with Crippen molar-refractivity contribution in [2.45, 2.75) is 13.3 Å². The molecule has 3 nitrogen and oxygen atoms in total. The van der Waals surface area contributed by atoms with Crippen LogP contribution in [0, 0.1) is 0 Å². The first-order valence-electron chi connectivity index (χ1n) is 4.71. The van der Waals surface area contributed by atoms with E-state index in [-0.39, 0.29) is 0 Å². The molecule has 2 aromatic rings. The predicted octanol–water partition coefficient (Wildman–Crippen LogP) is 2.80. The van der Waals surface area contributed by atoms with Crippen LogP contribution in [0.3, 0.4) is 0 Å². The molecule has 0 atom stereocenters. The zero-order valence-corrected chi connectivity index (χ0v) is 9.12. The van der Waals surface area contributed by atoms with E-state index >= 15 is 0 Å². The lowest BCUT2D eigenvalue weighted by atomic mass is 10.2. The van der Waals surface area contributed by atoms with Crippen LogP contribution in [0.5, 0.6) is 0 Å². The minimum absolute atomic E-state index is 0.382. The van der Waals surface area contributed by atoms with E-state index < -0.39 is 5.97 Å². The van der Waals surface area contributed by atoms with Crippen LogP contribution in [0.2, 0.25) is 0 Å². The largest absolute Gasteiger partial charge is 0.478 e. The van der Waals surface area contributed by atoms with E-state index in [1.54, 1.807) is 6.07 Å². The van der Waals surface area contributed by atoms with Crippen molar-refractivity contribution >= 4 is 17.3 Å². The normalized spacial score (nSPS) is 10.5. The van der Waals surface area contributed by atoms with Crippen molar-refractivity contribution in [2.75, 3.05) is 0 Å². The molecule has 0 spiro atoms. The van der Waals surface area contributed by atoms with Gasteiger partial charge in [0.15, 0.2) is 0 Å². The lowest BCUT2D eigenvalue weighted by Crippen LogP contribution is -1.99. The predicted molar refractivity (Wildman–Crippen MR) is 60.0 cm³/mol. The Morgan fingerprint density at radius 2 is 2.13 bits per heavy atom. The Labute approximate surface area is 91.6 Å². The van der Waals surface area contributed by atoms with Gasteiger partial charge in [-0.05, 0) is 24.6 Å². The second kappa shape index (κ2) is 3.90. The number of aromatic carboxylic acids is 1. The number of carboxylic acids is 1. The summed E-state index contributed by atoms with van der Waals surface area (Å²) < 4.78 is 1.84. The summed E-state index contributed by atoms with van der Waals surface area (Å²) in [7, 11) is 0. The third kappa shape index (κ3) is 1.80. The van der Waals surface area contributed by atoms with Crippen molar-refractivity contribution in [3.8, 4) is 5.00 Å². The Morgan fingerprint density at radius 1 is 1.47 bits per heavy atom. The van der Waals surface area contributed by atoms with Gasteiger partial charge in [0.2, 0.25) is 0 Å². The van der Waals surface area contributed by atoms with Crippen molar-refractivity contribution in [3.63, 3.8) is 0 Å². The van der Waals surface area contributed by atoms with E-state index in [9.17, 15) is 4.79 Å². The molecule has 0 aromatic carbocycles. The molecule has 15 heavy (non-hydrogen) atoms. The van der Waals surface area contributed by atoms with Gasteiger partial charge in [-0.3, -0.25) is 0 Å². The van der Waals surface area contributed by atoms with Crippen molar-refractivity contribution in [1.29, 1.82) is 0 Å². The second-order valence-electron chi connectivity index (χ2n) is 3.18. The van der Waals surface area contributed by atoms with Crippen LogP contribution in [0.15, 0.2) is 30.6 Å². The first-order chi connectivity index (χ1) is 7.22. The number of rotatable bonds is 3. The van der Waals surface area contributed by atoms with Crippen LogP contribution in [0.4, 0.5) is 0 Å². The van der Waals surface area contributed by atoms with E-state index in [0.29, 0.717) is 5.56 Å². The number of carbonyl (C=O) groups is 1. The van der Waals surface area contributed by atoms with Gasteiger partial charge in [-0.2, -0.15) is 0 Å². The molecule has 2 heterocycles. The highest BCUT2D eigenvalue weighted by atomic mass is 32.1. The van der Waals surface area contributed by atoms with Gasteiger partial charge in [-0.15, -0.1) is 11.3 Å². The summed E-state index contributed by atoms with van der Waals surface area (Å²) in [4.78, 5) is 12.1. The molecular weight excluding hydrogens is 210 g/mol. The number of aryl methyl sites for hydroxylation is 1. The van der Waals surface area contributed by atoms with E-state index in [1.807, 2.05) is 36.0 Å². The molecule has 2 rings (SSSR count). The van der Waals surface area contributed by atoms with Gasteiger partial charge in [0.25, 0.3) is 0 Å². The molecule has 0 radical (unpaired) electrons. The molecule has 0 amide bonds. The van der Waals surface area contributed by atoms with Gasteiger partial charge in [0, 0.05) is 17.3 Å². The molecule has 2 aromatic heterocycles. The van der Waals surface area contributed by atoms with E-state index in [1.165, 1.54) is 11.3 Å². The third-order valence-electron chi connectivity index (χ3n) is 2.18. The Kier molecular flexibility index (Phi) is 2.60. The monoisotopic (exact) mass is 221 g/mol. The fourth-order valence-corrected chi connectivity index (χ4v) is 2.47. The Hall–Kier alpha value is -1.55. The summed E-state index contributed by atoms with van der Waals surface area (Å²) in [6.07, 6.45) is 4.58. The van der Waals surface area contributed by atoms with E-state index in [4.69, 9.17) is 5.11 Å². The first kappa shape index (κ1) is 9.98. The molecule has 0 fully saturated rings. The zero-order valence-electron chi connectivity index (χ0n) is 8.30. The third-order valence-corrected chi connectivity index (χ3v) is 3.47. The molecule has 0 bridgehead atoms. The summed E-state index contributed by atoms with van der Waals surface area (Å²) in [6.45, 7) is 2.02. The van der Waals surface area contributed by atoms with Crippen molar-refractivity contribution < 1.29 is 9.90 Å². The summed E-state index contributed by atoms with van der Waals surface area (Å²) in [5.41, 5.74) is 0.382. The van der Waals surface area contributed by atoms with Crippen LogP contribution >= 0.6 is 11.3 Å². The van der Waals surface area contributed by atoms with Crippen LogP contribution in [-0.2, 0) is 6.42 Å². The van der Waals surface area contributed by atoms with Crippen LogP contribution in [0.1, 0.15) is 22.2 Å². The molecule has 1 N–H and O–H groups in total. The fraction of sp³-hybridized carbons (Fsp3) is 0.182. The smallest absolute Gasteiger partial charge is 0.338 e. The number of hydrogen-bond acceptors (Lipinski definition) is 2. The number of nitrogens with zero attached hydrogens (tertiary/aromatic N) is 1. The molecule has 0 unspecified atom stereocenters. The molecule has 0 aliphatic carbocycles. The SMILES string of the molecule is CCc1cc(C(=O)O)c(-n2cccc2)s1. The van der Waals surface area contributed by atoms with Gasteiger partial charge < -0.3 is 9.67 Å². The van der Waals surface area contributed by atoms with Gasteiger partial charge >= 0.3 is 5.97 Å². The van der Waals surface area contributed by atoms with Crippen molar-refractivity contribution in [3.05, 3.63) is 41.0 Å². The van der Waals surface area contributed by atoms with Crippen LogP contribution in [-0.4, -0.2) is 15.6 Å². The number of aromatic nitrogens is 1. The molecule has 0 aliphatic heterocycles. The van der Waals surface area contributed by atoms with Gasteiger partial charge in [-0.25, -0.2) is 4.79 Å². The minimum Gasteiger partial charge on any atom is -0.478 e. The highest BCUT2D eigenvalue weighted by molar-refractivity contribution is 7.14. The van der Waals surface area contributed by atoms with Crippen LogP contribution < -0.4 is 0 Å². The summed E-state index contributed by atoms with van der Waals surface area (Å²) in [5, 5.41) is 9.85. The van der Waals surface area contributed by atoms with Gasteiger partial charge in [0.1, 0.15) is 5.00 Å². The minimum atomic E-state index is -0.866. The maximum Gasteiger partial charge on any atom is 0.338 e. The Balaban J connectivity index is 2.54. The first-order valence-corrected chi connectivity index (χ1v) is 5.53. The highest BCUT2D eigenvalue weighted by Crippen LogP contribution is 2.27. The maximum absolute atomic E-state index is 11.0. The number of hydrogen-bond donors (Lipinski definition) is 1. The average Bonchev–Trinajstić information content (AvgIpc) is 2.86.